The summed E-state index contributed by atoms with van der Waals surface area (Å²) >= 11 is 1.59. The van der Waals surface area contributed by atoms with E-state index in [0.29, 0.717) is 12.5 Å². The van der Waals surface area contributed by atoms with Gasteiger partial charge in [0.05, 0.1) is 28.7 Å². The Morgan fingerprint density at radius 2 is 1.64 bits per heavy atom. The van der Waals surface area contributed by atoms with Crippen LogP contribution in [0.25, 0.3) is 10.4 Å². The van der Waals surface area contributed by atoms with Crippen LogP contribution in [-0.4, -0.2) is 120 Å². The van der Waals surface area contributed by atoms with Crippen molar-refractivity contribution in [2.45, 2.75) is 71.7 Å². The van der Waals surface area contributed by atoms with Gasteiger partial charge in [-0.15, -0.1) is 11.3 Å². The van der Waals surface area contributed by atoms with Gasteiger partial charge in [-0.1, -0.05) is 45.0 Å². The number of thiazole rings is 1. The molecule has 13 heteroatoms. The average molecular weight is 745 g/mol. The topological polar surface area (TPSA) is 147 Å². The molecule has 0 radical (unpaired) electrons. The van der Waals surface area contributed by atoms with Crippen molar-refractivity contribution in [1.82, 2.24) is 30.3 Å². The number of benzene rings is 2. The minimum absolute atomic E-state index is 0.0478. The van der Waals surface area contributed by atoms with Crippen LogP contribution in [0.1, 0.15) is 51.3 Å². The van der Waals surface area contributed by atoms with Crippen LogP contribution in [0, 0.1) is 18.3 Å². The maximum Gasteiger partial charge on any atom is 0.246 e. The van der Waals surface area contributed by atoms with Crippen LogP contribution < -0.4 is 21.3 Å². The van der Waals surface area contributed by atoms with E-state index in [9.17, 15) is 19.5 Å². The Morgan fingerprint density at radius 3 is 2.26 bits per heavy atom. The number of nitrogens with zero attached hydrogens (tertiary/aromatic N) is 5. The van der Waals surface area contributed by atoms with E-state index >= 15 is 0 Å². The molecule has 3 saturated heterocycles. The van der Waals surface area contributed by atoms with Gasteiger partial charge in [-0.25, -0.2) is 4.98 Å². The fraction of sp³-hybridized carbons (Fsp3) is 0.550. The average Bonchev–Trinajstić information content (AvgIpc) is 3.75. The first kappa shape index (κ1) is 38.7. The molecule has 2 aromatic carbocycles. The summed E-state index contributed by atoms with van der Waals surface area (Å²) in [7, 11) is 0. The molecule has 286 valence electrons. The quantitative estimate of drug-likeness (QED) is 0.217. The molecule has 3 atom stereocenters. The van der Waals surface area contributed by atoms with Gasteiger partial charge in [0.1, 0.15) is 12.1 Å². The number of nitrogens with one attached hydrogen (secondary N) is 2. The number of rotatable bonds is 11. The minimum Gasteiger partial charge on any atom is -0.399 e. The fourth-order valence-electron chi connectivity index (χ4n) is 7.76. The predicted octanol–water partition coefficient (Wildman–Crippen LogP) is 3.34. The highest BCUT2D eigenvalue weighted by molar-refractivity contribution is 7.13. The van der Waals surface area contributed by atoms with Crippen molar-refractivity contribution in [2.24, 2.45) is 11.3 Å². The molecule has 5 N–H and O–H groups in total. The lowest BCUT2D eigenvalue weighted by Gasteiger charge is -2.39. The predicted molar refractivity (Wildman–Crippen MR) is 210 cm³/mol. The molecule has 53 heavy (non-hydrogen) atoms. The van der Waals surface area contributed by atoms with Crippen LogP contribution in [0.2, 0.25) is 0 Å². The highest BCUT2D eigenvalue weighted by atomic mass is 32.1. The summed E-state index contributed by atoms with van der Waals surface area (Å²) in [6.45, 7) is 15.1. The number of piperidine rings is 1. The summed E-state index contributed by atoms with van der Waals surface area (Å²) in [6, 6.07) is 14.4. The number of β-amino-alcohol motifs (C(OH)–C–C–N with tert-alkyl or cyclic N) is 1. The van der Waals surface area contributed by atoms with Gasteiger partial charge in [-0.05, 0) is 79.6 Å². The van der Waals surface area contributed by atoms with Crippen molar-refractivity contribution in [2.75, 3.05) is 69.5 Å². The fourth-order valence-corrected chi connectivity index (χ4v) is 8.57. The third-order valence-corrected chi connectivity index (χ3v) is 11.9. The second-order valence-electron chi connectivity index (χ2n) is 16.0. The van der Waals surface area contributed by atoms with Gasteiger partial charge in [0.15, 0.2) is 0 Å². The van der Waals surface area contributed by atoms with Crippen molar-refractivity contribution < 1.29 is 19.5 Å². The van der Waals surface area contributed by atoms with E-state index < -0.39 is 23.6 Å². The van der Waals surface area contributed by atoms with Crippen LogP contribution in [0.3, 0.4) is 0 Å². The largest absolute Gasteiger partial charge is 0.399 e. The van der Waals surface area contributed by atoms with Crippen molar-refractivity contribution in [1.29, 1.82) is 0 Å². The van der Waals surface area contributed by atoms with E-state index in [4.69, 9.17) is 5.73 Å². The number of aryl methyl sites for hydroxylation is 1. The van der Waals surface area contributed by atoms with Crippen molar-refractivity contribution in [3.05, 3.63) is 65.3 Å². The molecule has 3 aromatic rings. The number of hydrogen-bond donors (Lipinski definition) is 4. The number of piperazine rings is 1. The Kier molecular flexibility index (Phi) is 12.4. The SMILES string of the molecule is Cc1ncsc1-c1ccc(CNC(=O)[C@@H]2C[C@@H](O)CN2C(=O)[C@@H](NC(=O)CN2CCC(CN3CCN(c4ccc(N)cc4)CC3)CC2)C(C)(C)C)cc1. The molecule has 0 unspecified atom stereocenters. The summed E-state index contributed by atoms with van der Waals surface area (Å²) in [5.74, 6) is -0.267. The van der Waals surface area contributed by atoms with Gasteiger partial charge < -0.3 is 31.3 Å². The van der Waals surface area contributed by atoms with Gasteiger partial charge >= 0.3 is 0 Å². The standard InChI is InChI=1S/C40H56N8O4S/c1-27-36(53-26-43-27)30-7-5-28(6-8-30)22-42-38(51)34-21-33(49)24-48(34)39(52)37(40(2,3)4)44-35(50)25-45-15-13-29(14-16-45)23-46-17-19-47(20-18-46)32-11-9-31(41)10-12-32/h5-12,26,29,33-34,37,49H,13-25,41H2,1-4H3,(H,42,51)(H,44,50)/t33-,34+,37-/m1/s1. The van der Waals surface area contributed by atoms with Gasteiger partial charge in [0.2, 0.25) is 17.7 Å². The number of likely N-dealkylation sites (tertiary alicyclic amines) is 2. The maximum absolute atomic E-state index is 14.1. The van der Waals surface area contributed by atoms with Crippen LogP contribution in [0.5, 0.6) is 0 Å². The van der Waals surface area contributed by atoms with Gasteiger partial charge in [0, 0.05) is 63.6 Å². The monoisotopic (exact) mass is 744 g/mol. The number of anilines is 2. The van der Waals surface area contributed by atoms with E-state index in [1.165, 1.54) is 10.6 Å². The Bertz CT molecular complexity index is 1690. The summed E-state index contributed by atoms with van der Waals surface area (Å²) < 4.78 is 0. The number of nitrogen functional groups attached to an aromatic ring is 1. The molecule has 0 spiro atoms. The number of carbonyl (C=O) groups excluding carboxylic acids is 3. The molecule has 0 bridgehead atoms. The lowest BCUT2D eigenvalue weighted by molar-refractivity contribution is -0.144. The van der Waals surface area contributed by atoms with E-state index in [-0.39, 0.29) is 37.2 Å². The number of hydrogen-bond acceptors (Lipinski definition) is 10. The normalized spacial score (nSPS) is 21.1. The molecule has 3 fully saturated rings. The zero-order valence-corrected chi connectivity index (χ0v) is 32.4. The first-order valence-electron chi connectivity index (χ1n) is 18.9. The van der Waals surface area contributed by atoms with E-state index in [2.05, 4.69) is 42.5 Å². The van der Waals surface area contributed by atoms with Crippen molar-refractivity contribution >= 4 is 40.4 Å². The molecule has 0 saturated carbocycles. The third-order valence-electron chi connectivity index (χ3n) is 10.9. The molecular weight excluding hydrogens is 689 g/mol. The second kappa shape index (κ2) is 17.0. The molecule has 0 aliphatic carbocycles. The zero-order valence-electron chi connectivity index (χ0n) is 31.6. The smallest absolute Gasteiger partial charge is 0.246 e. The number of amides is 3. The Labute approximate surface area is 317 Å². The molecular formula is C40H56N8O4S. The second-order valence-corrected chi connectivity index (χ2v) is 16.9. The van der Waals surface area contributed by atoms with E-state index in [1.807, 2.05) is 69.6 Å². The molecule has 6 rings (SSSR count). The summed E-state index contributed by atoms with van der Waals surface area (Å²) in [4.78, 5) is 55.0. The molecule has 4 heterocycles. The van der Waals surface area contributed by atoms with E-state index in [0.717, 1.165) is 86.0 Å². The summed E-state index contributed by atoms with van der Waals surface area (Å²) in [5, 5.41) is 16.6. The number of carbonyl (C=O) groups is 3. The highest BCUT2D eigenvalue weighted by Crippen LogP contribution is 2.29. The molecule has 12 nitrogen and oxygen atoms in total. The van der Waals surface area contributed by atoms with Crippen molar-refractivity contribution in [3.63, 3.8) is 0 Å². The first-order chi connectivity index (χ1) is 25.3. The van der Waals surface area contributed by atoms with Gasteiger partial charge in [-0.2, -0.15) is 0 Å². The number of aliphatic hydroxyl groups excluding tert-OH is 1. The molecule has 3 aliphatic rings. The number of nitrogens with two attached hydrogens (primary N) is 1. The van der Waals surface area contributed by atoms with Gasteiger partial charge in [-0.3, -0.25) is 24.2 Å². The summed E-state index contributed by atoms with van der Waals surface area (Å²) in [6.07, 6.45) is 1.40. The van der Waals surface area contributed by atoms with Gasteiger partial charge in [0.25, 0.3) is 0 Å². The van der Waals surface area contributed by atoms with Crippen LogP contribution in [0.4, 0.5) is 11.4 Å². The lowest BCUT2D eigenvalue weighted by atomic mass is 9.85. The minimum atomic E-state index is -0.845. The van der Waals surface area contributed by atoms with Crippen LogP contribution >= 0.6 is 11.3 Å². The maximum atomic E-state index is 14.1. The Balaban J connectivity index is 0.962. The Morgan fingerprint density at radius 1 is 0.962 bits per heavy atom. The Hall–Kier alpha value is -4.04. The molecule has 1 aromatic heterocycles. The number of aliphatic hydroxyl groups is 1. The number of aromatic nitrogens is 1. The third kappa shape index (κ3) is 9.94. The summed E-state index contributed by atoms with van der Waals surface area (Å²) in [5.41, 5.74) is 12.1. The van der Waals surface area contributed by atoms with Crippen LogP contribution in [0.15, 0.2) is 54.0 Å². The lowest BCUT2D eigenvalue weighted by Crippen LogP contribution is -2.59. The van der Waals surface area contributed by atoms with E-state index in [1.54, 1.807) is 11.3 Å². The molecule has 3 aliphatic heterocycles. The zero-order chi connectivity index (χ0) is 37.7. The first-order valence-corrected chi connectivity index (χ1v) is 19.8. The molecule has 3 amide bonds. The van der Waals surface area contributed by atoms with Crippen molar-refractivity contribution in [3.8, 4) is 10.4 Å². The van der Waals surface area contributed by atoms with Crippen LogP contribution in [-0.2, 0) is 20.9 Å². The highest BCUT2D eigenvalue weighted by Gasteiger charge is 2.44.